The molecule has 0 aliphatic rings. The summed E-state index contributed by atoms with van der Waals surface area (Å²) in [6.07, 6.45) is 0.423. The Morgan fingerprint density at radius 3 is 2.16 bits per heavy atom. The van der Waals surface area contributed by atoms with Gasteiger partial charge in [0.25, 0.3) is 0 Å². The molecule has 0 atom stereocenters. The van der Waals surface area contributed by atoms with Crippen molar-refractivity contribution in [3.05, 3.63) is 29.8 Å². The highest BCUT2D eigenvalue weighted by atomic mass is 32.2. The third kappa shape index (κ3) is 6.93. The van der Waals surface area contributed by atoms with Gasteiger partial charge < -0.3 is 5.32 Å². The molecule has 6 heteroatoms. The molecule has 0 saturated heterocycles. The third-order valence-electron chi connectivity index (χ3n) is 2.30. The lowest BCUT2D eigenvalue weighted by Gasteiger charge is -2.17. The summed E-state index contributed by atoms with van der Waals surface area (Å²) < 4.78 is 21.9. The predicted octanol–water partition coefficient (Wildman–Crippen LogP) is 1.85. The SMILES string of the molecule is CC(C)(C)CC(=O)Nc1ccc(CS(N)(=O)=O)cc1. The minimum Gasteiger partial charge on any atom is -0.326 e. The molecule has 5 nitrogen and oxygen atoms in total. The van der Waals surface area contributed by atoms with Gasteiger partial charge in [-0.15, -0.1) is 0 Å². The summed E-state index contributed by atoms with van der Waals surface area (Å²) in [5, 5.41) is 7.73. The molecule has 0 aliphatic carbocycles. The fraction of sp³-hybridized carbons (Fsp3) is 0.462. The van der Waals surface area contributed by atoms with Gasteiger partial charge in [-0.05, 0) is 23.1 Å². The van der Waals surface area contributed by atoms with Crippen molar-refractivity contribution in [2.75, 3.05) is 5.32 Å². The van der Waals surface area contributed by atoms with Crippen LogP contribution < -0.4 is 10.5 Å². The van der Waals surface area contributed by atoms with Gasteiger partial charge in [0, 0.05) is 12.1 Å². The number of carbonyl (C=O) groups excluding carboxylic acids is 1. The van der Waals surface area contributed by atoms with E-state index in [0.717, 1.165) is 0 Å². The van der Waals surface area contributed by atoms with E-state index in [-0.39, 0.29) is 17.1 Å². The summed E-state index contributed by atoms with van der Waals surface area (Å²) in [6, 6.07) is 6.61. The van der Waals surface area contributed by atoms with Crippen molar-refractivity contribution in [2.24, 2.45) is 10.6 Å². The van der Waals surface area contributed by atoms with E-state index >= 15 is 0 Å². The summed E-state index contributed by atoms with van der Waals surface area (Å²) in [5.41, 5.74) is 1.17. The van der Waals surface area contributed by atoms with Crippen LogP contribution in [0.15, 0.2) is 24.3 Å². The van der Waals surface area contributed by atoms with E-state index in [0.29, 0.717) is 17.7 Å². The molecule has 0 aromatic heterocycles. The highest BCUT2D eigenvalue weighted by molar-refractivity contribution is 7.88. The van der Waals surface area contributed by atoms with Crippen LogP contribution in [0.3, 0.4) is 0 Å². The molecule has 0 aliphatic heterocycles. The monoisotopic (exact) mass is 284 g/mol. The number of carbonyl (C=O) groups is 1. The fourth-order valence-electron chi connectivity index (χ4n) is 1.60. The van der Waals surface area contributed by atoms with Gasteiger partial charge in [0.05, 0.1) is 5.75 Å². The first kappa shape index (κ1) is 15.7. The molecule has 1 amide bonds. The van der Waals surface area contributed by atoms with Crippen LogP contribution in [0.1, 0.15) is 32.8 Å². The summed E-state index contributed by atoms with van der Waals surface area (Å²) in [6.45, 7) is 5.96. The molecule has 1 aromatic carbocycles. The van der Waals surface area contributed by atoms with Crippen molar-refractivity contribution in [1.82, 2.24) is 0 Å². The van der Waals surface area contributed by atoms with Crippen molar-refractivity contribution in [2.45, 2.75) is 32.9 Å². The molecule has 1 aromatic rings. The van der Waals surface area contributed by atoms with Gasteiger partial charge in [-0.2, -0.15) is 0 Å². The molecule has 3 N–H and O–H groups in total. The number of hydrogen-bond donors (Lipinski definition) is 2. The first-order valence-electron chi connectivity index (χ1n) is 5.94. The third-order valence-corrected chi connectivity index (χ3v) is 3.03. The summed E-state index contributed by atoms with van der Waals surface area (Å²) in [4.78, 5) is 11.7. The van der Waals surface area contributed by atoms with Gasteiger partial charge in [0.1, 0.15) is 0 Å². The minimum absolute atomic E-state index is 0.0632. The lowest BCUT2D eigenvalue weighted by Crippen LogP contribution is -2.19. The number of benzene rings is 1. The Morgan fingerprint density at radius 2 is 1.74 bits per heavy atom. The maximum absolute atomic E-state index is 11.7. The van der Waals surface area contributed by atoms with Crippen LogP contribution >= 0.6 is 0 Å². The molecule has 0 fully saturated rings. The second-order valence-electron chi connectivity index (χ2n) is 5.79. The average Bonchev–Trinajstić information content (AvgIpc) is 2.15. The van der Waals surface area contributed by atoms with E-state index in [4.69, 9.17) is 5.14 Å². The molecule has 0 spiro atoms. The largest absolute Gasteiger partial charge is 0.326 e. The molecular formula is C13H20N2O3S. The summed E-state index contributed by atoms with van der Waals surface area (Å²) in [7, 11) is -3.52. The van der Waals surface area contributed by atoms with Gasteiger partial charge in [0.15, 0.2) is 0 Å². The minimum atomic E-state index is -3.52. The summed E-state index contributed by atoms with van der Waals surface area (Å²) >= 11 is 0. The number of anilines is 1. The van der Waals surface area contributed by atoms with E-state index in [1.165, 1.54) is 0 Å². The van der Waals surface area contributed by atoms with Crippen molar-refractivity contribution in [3.63, 3.8) is 0 Å². The van der Waals surface area contributed by atoms with Gasteiger partial charge in [-0.1, -0.05) is 32.9 Å². The number of primary sulfonamides is 1. The number of hydrogen-bond acceptors (Lipinski definition) is 3. The molecular weight excluding hydrogens is 264 g/mol. The van der Waals surface area contributed by atoms with Gasteiger partial charge in [0.2, 0.25) is 15.9 Å². The Labute approximate surface area is 114 Å². The highest BCUT2D eigenvalue weighted by Gasteiger charge is 2.15. The number of amides is 1. The highest BCUT2D eigenvalue weighted by Crippen LogP contribution is 2.19. The molecule has 106 valence electrons. The van der Waals surface area contributed by atoms with Crippen LogP contribution in [0.25, 0.3) is 0 Å². The van der Waals surface area contributed by atoms with Crippen molar-refractivity contribution < 1.29 is 13.2 Å². The van der Waals surface area contributed by atoms with Crippen LogP contribution in [0.4, 0.5) is 5.69 Å². The van der Waals surface area contributed by atoms with E-state index < -0.39 is 10.0 Å². The van der Waals surface area contributed by atoms with Crippen molar-refractivity contribution in [1.29, 1.82) is 0 Å². The maximum atomic E-state index is 11.7. The zero-order chi connectivity index (χ0) is 14.7. The van der Waals surface area contributed by atoms with Crippen LogP contribution in [-0.2, 0) is 20.6 Å². The van der Waals surface area contributed by atoms with Crippen LogP contribution in [-0.4, -0.2) is 14.3 Å². The van der Waals surface area contributed by atoms with Crippen molar-refractivity contribution in [3.8, 4) is 0 Å². The Kier molecular flexibility index (Phi) is 4.70. The average molecular weight is 284 g/mol. The topological polar surface area (TPSA) is 89.3 Å². The maximum Gasteiger partial charge on any atom is 0.224 e. The van der Waals surface area contributed by atoms with Crippen LogP contribution in [0.5, 0.6) is 0 Å². The number of sulfonamides is 1. The molecule has 0 unspecified atom stereocenters. The van der Waals surface area contributed by atoms with Crippen molar-refractivity contribution >= 4 is 21.6 Å². The molecule has 0 radical (unpaired) electrons. The van der Waals surface area contributed by atoms with E-state index in [1.807, 2.05) is 20.8 Å². The lowest BCUT2D eigenvalue weighted by molar-refractivity contribution is -0.117. The van der Waals surface area contributed by atoms with E-state index in [1.54, 1.807) is 24.3 Å². The second-order valence-corrected chi connectivity index (χ2v) is 7.40. The van der Waals surface area contributed by atoms with Gasteiger partial charge in [-0.3, -0.25) is 4.79 Å². The summed E-state index contributed by atoms with van der Waals surface area (Å²) in [5.74, 6) is -0.268. The predicted molar refractivity (Wildman–Crippen MR) is 76.0 cm³/mol. The smallest absolute Gasteiger partial charge is 0.224 e. The van der Waals surface area contributed by atoms with Gasteiger partial charge >= 0.3 is 0 Å². The number of nitrogens with two attached hydrogens (primary N) is 1. The standard InChI is InChI=1S/C13H20N2O3S/c1-13(2,3)8-12(16)15-11-6-4-10(5-7-11)9-19(14,17)18/h4-7H,8-9H2,1-3H3,(H,15,16)(H2,14,17,18). The molecule has 1 rings (SSSR count). The Bertz CT molecular complexity index is 542. The first-order chi connectivity index (χ1) is 8.55. The zero-order valence-electron chi connectivity index (χ0n) is 11.4. The number of nitrogens with one attached hydrogen (secondary N) is 1. The Hall–Kier alpha value is -1.40. The van der Waals surface area contributed by atoms with E-state index in [9.17, 15) is 13.2 Å². The molecule has 0 saturated carbocycles. The van der Waals surface area contributed by atoms with Crippen LogP contribution in [0.2, 0.25) is 0 Å². The number of rotatable bonds is 4. The fourth-order valence-corrected chi connectivity index (χ4v) is 2.26. The Balaban J connectivity index is 2.65. The molecule has 0 heterocycles. The van der Waals surface area contributed by atoms with Gasteiger partial charge in [-0.25, -0.2) is 13.6 Å². The molecule has 0 bridgehead atoms. The zero-order valence-corrected chi connectivity index (χ0v) is 12.3. The molecule has 19 heavy (non-hydrogen) atoms. The quantitative estimate of drug-likeness (QED) is 0.884. The lowest BCUT2D eigenvalue weighted by atomic mass is 9.92. The second kappa shape index (κ2) is 5.71. The first-order valence-corrected chi connectivity index (χ1v) is 7.66. The van der Waals surface area contributed by atoms with Crippen LogP contribution in [0, 0.1) is 5.41 Å². The normalized spacial score (nSPS) is 12.2. The Morgan fingerprint density at radius 1 is 1.21 bits per heavy atom. The van der Waals surface area contributed by atoms with E-state index in [2.05, 4.69) is 5.32 Å².